The van der Waals surface area contributed by atoms with E-state index in [0.29, 0.717) is 0 Å². The molecule has 104 valence electrons. The van der Waals surface area contributed by atoms with Gasteiger partial charge >= 0.3 is 0 Å². The Morgan fingerprint density at radius 2 is 1.76 bits per heavy atom. The van der Waals surface area contributed by atoms with Gasteiger partial charge in [-0.1, -0.05) is 24.3 Å². The number of thiophene rings is 1. The Hall–Kier alpha value is -2.10. The van der Waals surface area contributed by atoms with Gasteiger partial charge in [-0.3, -0.25) is 0 Å². The number of aliphatic hydroxyl groups excluding tert-OH is 1. The van der Waals surface area contributed by atoms with Gasteiger partial charge in [0.1, 0.15) is 17.3 Å². The molecule has 1 N–H and O–H groups in total. The number of rotatable bonds is 2. The smallest absolute Gasteiger partial charge is 0.135 e. The first-order valence-corrected chi connectivity index (χ1v) is 7.69. The van der Waals surface area contributed by atoms with Crippen LogP contribution >= 0.6 is 11.3 Å². The number of para-hydroxylation sites is 1. The summed E-state index contributed by atoms with van der Waals surface area (Å²) in [5.41, 5.74) is 2.64. The SMILES string of the molecule is Cc1ccc(C(O)c2ccc3oc4ccccc4c3c2)s1. The molecule has 1 atom stereocenters. The number of hydrogen-bond acceptors (Lipinski definition) is 3. The van der Waals surface area contributed by atoms with Crippen LogP contribution in [0.15, 0.2) is 59.0 Å². The largest absolute Gasteiger partial charge is 0.456 e. The summed E-state index contributed by atoms with van der Waals surface area (Å²) in [4.78, 5) is 2.18. The maximum Gasteiger partial charge on any atom is 0.135 e. The Morgan fingerprint density at radius 3 is 2.57 bits per heavy atom. The highest BCUT2D eigenvalue weighted by molar-refractivity contribution is 7.12. The Balaban J connectivity index is 1.88. The second-order valence-corrected chi connectivity index (χ2v) is 6.52. The van der Waals surface area contributed by atoms with E-state index in [4.69, 9.17) is 4.42 Å². The molecule has 2 nitrogen and oxygen atoms in total. The number of aliphatic hydroxyl groups is 1. The van der Waals surface area contributed by atoms with Crippen LogP contribution < -0.4 is 0 Å². The molecule has 1 unspecified atom stereocenters. The lowest BCUT2D eigenvalue weighted by Crippen LogP contribution is -1.96. The molecule has 0 fully saturated rings. The van der Waals surface area contributed by atoms with E-state index in [1.165, 1.54) is 4.88 Å². The molecular weight excluding hydrogens is 280 g/mol. The van der Waals surface area contributed by atoms with E-state index < -0.39 is 6.10 Å². The van der Waals surface area contributed by atoms with Crippen LogP contribution in [0, 0.1) is 6.92 Å². The number of hydrogen-bond donors (Lipinski definition) is 1. The van der Waals surface area contributed by atoms with Gasteiger partial charge in [0.05, 0.1) is 0 Å². The van der Waals surface area contributed by atoms with Gasteiger partial charge in [-0.2, -0.15) is 0 Å². The van der Waals surface area contributed by atoms with E-state index in [0.717, 1.165) is 32.4 Å². The van der Waals surface area contributed by atoms with Gasteiger partial charge < -0.3 is 9.52 Å². The molecule has 2 aromatic heterocycles. The van der Waals surface area contributed by atoms with Crippen molar-refractivity contribution in [1.29, 1.82) is 0 Å². The van der Waals surface area contributed by atoms with Crippen LogP contribution in [0.2, 0.25) is 0 Å². The molecule has 0 aliphatic rings. The van der Waals surface area contributed by atoms with Crippen LogP contribution in [0.3, 0.4) is 0 Å². The third-order valence-corrected chi connectivity index (χ3v) is 4.80. The molecule has 0 aliphatic carbocycles. The summed E-state index contributed by atoms with van der Waals surface area (Å²) in [6.07, 6.45) is -0.582. The van der Waals surface area contributed by atoms with Crippen LogP contribution in [0.4, 0.5) is 0 Å². The average Bonchev–Trinajstić information content (AvgIpc) is 3.09. The Morgan fingerprint density at radius 1 is 0.952 bits per heavy atom. The van der Waals surface area contributed by atoms with Crippen LogP contribution in [0.25, 0.3) is 21.9 Å². The van der Waals surface area contributed by atoms with Crippen molar-refractivity contribution in [2.75, 3.05) is 0 Å². The highest BCUT2D eigenvalue weighted by Crippen LogP contribution is 2.33. The van der Waals surface area contributed by atoms with Crippen LogP contribution in [0.5, 0.6) is 0 Å². The zero-order valence-electron chi connectivity index (χ0n) is 11.5. The highest BCUT2D eigenvalue weighted by Gasteiger charge is 2.15. The molecule has 0 spiro atoms. The van der Waals surface area contributed by atoms with Crippen molar-refractivity contribution in [2.24, 2.45) is 0 Å². The van der Waals surface area contributed by atoms with Crippen molar-refractivity contribution in [1.82, 2.24) is 0 Å². The minimum atomic E-state index is -0.582. The maximum absolute atomic E-state index is 10.6. The van der Waals surface area contributed by atoms with Crippen LogP contribution in [-0.4, -0.2) is 5.11 Å². The molecule has 3 heteroatoms. The highest BCUT2D eigenvalue weighted by atomic mass is 32.1. The summed E-state index contributed by atoms with van der Waals surface area (Å²) in [7, 11) is 0. The monoisotopic (exact) mass is 294 g/mol. The zero-order valence-corrected chi connectivity index (χ0v) is 12.4. The normalized spacial score (nSPS) is 13.0. The Kier molecular flexibility index (Phi) is 2.84. The molecule has 21 heavy (non-hydrogen) atoms. The van der Waals surface area contributed by atoms with Gasteiger partial charge in [-0.15, -0.1) is 11.3 Å². The molecule has 2 heterocycles. The molecule has 0 saturated carbocycles. The van der Waals surface area contributed by atoms with Gasteiger partial charge in [0.2, 0.25) is 0 Å². The first-order chi connectivity index (χ1) is 10.2. The maximum atomic E-state index is 10.6. The van der Waals surface area contributed by atoms with Crippen molar-refractivity contribution in [3.8, 4) is 0 Å². The first-order valence-electron chi connectivity index (χ1n) is 6.88. The second-order valence-electron chi connectivity index (χ2n) is 5.20. The Labute approximate surface area is 126 Å². The fraction of sp³-hybridized carbons (Fsp3) is 0.111. The summed E-state index contributed by atoms with van der Waals surface area (Å²) in [5.74, 6) is 0. The van der Waals surface area contributed by atoms with Gasteiger partial charge in [0.25, 0.3) is 0 Å². The van der Waals surface area contributed by atoms with Crippen molar-refractivity contribution < 1.29 is 9.52 Å². The summed E-state index contributed by atoms with van der Waals surface area (Å²) in [6.45, 7) is 2.05. The van der Waals surface area contributed by atoms with Crippen molar-refractivity contribution in [3.05, 3.63) is 69.9 Å². The summed E-state index contributed by atoms with van der Waals surface area (Å²) in [6, 6.07) is 17.9. The van der Waals surface area contributed by atoms with Crippen molar-refractivity contribution in [3.63, 3.8) is 0 Å². The van der Waals surface area contributed by atoms with Crippen LogP contribution in [-0.2, 0) is 0 Å². The van der Waals surface area contributed by atoms with Gasteiger partial charge in [-0.25, -0.2) is 0 Å². The van der Waals surface area contributed by atoms with Crippen LogP contribution in [0.1, 0.15) is 21.4 Å². The molecule has 0 amide bonds. The first kappa shape index (κ1) is 12.6. The number of aryl methyl sites for hydroxylation is 1. The lowest BCUT2D eigenvalue weighted by atomic mass is 10.0. The molecule has 0 saturated heterocycles. The van der Waals surface area contributed by atoms with E-state index in [9.17, 15) is 5.11 Å². The van der Waals surface area contributed by atoms with Gasteiger partial charge in [0.15, 0.2) is 0 Å². The molecule has 0 aliphatic heterocycles. The standard InChI is InChI=1S/C18H14O2S/c1-11-6-9-17(21-11)18(19)12-7-8-16-14(10-12)13-4-2-3-5-15(13)20-16/h2-10,18-19H,1H3. The third kappa shape index (κ3) is 2.06. The molecule has 0 radical (unpaired) electrons. The summed E-state index contributed by atoms with van der Waals surface area (Å²) < 4.78 is 5.82. The molecule has 0 bridgehead atoms. The minimum absolute atomic E-state index is 0.582. The fourth-order valence-electron chi connectivity index (χ4n) is 2.68. The average molecular weight is 294 g/mol. The molecule has 4 aromatic rings. The third-order valence-electron chi connectivity index (χ3n) is 3.75. The van der Waals surface area contributed by atoms with E-state index >= 15 is 0 Å². The topological polar surface area (TPSA) is 33.4 Å². The quantitative estimate of drug-likeness (QED) is 0.562. The fourth-order valence-corrected chi connectivity index (χ4v) is 3.57. The molecular formula is C18H14O2S. The minimum Gasteiger partial charge on any atom is -0.456 e. The van der Waals surface area contributed by atoms with Gasteiger partial charge in [-0.05, 0) is 42.8 Å². The van der Waals surface area contributed by atoms with Crippen molar-refractivity contribution in [2.45, 2.75) is 13.0 Å². The van der Waals surface area contributed by atoms with E-state index in [-0.39, 0.29) is 0 Å². The predicted molar refractivity (Wildman–Crippen MR) is 86.8 cm³/mol. The number of benzene rings is 2. The van der Waals surface area contributed by atoms with E-state index in [1.807, 2.05) is 61.5 Å². The van der Waals surface area contributed by atoms with Crippen molar-refractivity contribution >= 4 is 33.3 Å². The second kappa shape index (κ2) is 4.72. The number of fused-ring (bicyclic) bond motifs is 3. The molecule has 2 aromatic carbocycles. The summed E-state index contributed by atoms with van der Waals surface area (Å²) in [5, 5.41) is 12.7. The number of furan rings is 1. The Bertz CT molecular complexity index is 933. The predicted octanol–water partition coefficient (Wildman–Crippen LogP) is 5.04. The summed E-state index contributed by atoms with van der Waals surface area (Å²) >= 11 is 1.63. The lowest BCUT2D eigenvalue weighted by molar-refractivity contribution is 0.224. The van der Waals surface area contributed by atoms with Gasteiger partial charge in [0, 0.05) is 20.5 Å². The van der Waals surface area contributed by atoms with E-state index in [1.54, 1.807) is 11.3 Å². The lowest BCUT2D eigenvalue weighted by Gasteiger charge is -2.08. The zero-order chi connectivity index (χ0) is 14.4. The van der Waals surface area contributed by atoms with E-state index in [2.05, 4.69) is 0 Å². The molecule has 4 rings (SSSR count).